The molecular formula is C22H27N5O2. The molecule has 1 atom stereocenters. The lowest BCUT2D eigenvalue weighted by Crippen LogP contribution is -2.27. The zero-order chi connectivity index (χ0) is 20.8. The molecule has 0 radical (unpaired) electrons. The summed E-state index contributed by atoms with van der Waals surface area (Å²) in [5, 5.41) is 17.5. The lowest BCUT2D eigenvalue weighted by Gasteiger charge is -2.19. The number of β-amino-alcohol motifs (C(OH)–C–C–N with tert-alkyl or cyclic N) is 1. The number of imidazole rings is 1. The van der Waals surface area contributed by atoms with Crippen LogP contribution in [0.4, 0.5) is 11.5 Å². The number of nitrogens with zero attached hydrogens (tertiary/aromatic N) is 4. The van der Waals surface area contributed by atoms with Gasteiger partial charge in [-0.2, -0.15) is 0 Å². The van der Waals surface area contributed by atoms with Crippen molar-refractivity contribution in [1.29, 1.82) is 0 Å². The lowest BCUT2D eigenvalue weighted by molar-refractivity contribution is -0.123. The van der Waals surface area contributed by atoms with Gasteiger partial charge in [0.2, 0.25) is 5.91 Å². The molecule has 0 bridgehead atoms. The van der Waals surface area contributed by atoms with E-state index in [1.54, 1.807) is 4.52 Å². The summed E-state index contributed by atoms with van der Waals surface area (Å²) in [4.78, 5) is 19.2. The number of carbonyl (C=O) groups excluding carboxylic acids is 1. The largest absolute Gasteiger partial charge is 0.391 e. The van der Waals surface area contributed by atoms with E-state index in [4.69, 9.17) is 0 Å². The Hall–Kier alpha value is -2.93. The van der Waals surface area contributed by atoms with Crippen LogP contribution in [0, 0.1) is 12.3 Å². The first kappa shape index (κ1) is 19.4. The fourth-order valence-corrected chi connectivity index (χ4v) is 3.36. The minimum absolute atomic E-state index is 0.0214. The topological polar surface area (TPSA) is 82.8 Å². The molecule has 0 unspecified atom stereocenters. The third kappa shape index (κ3) is 3.96. The standard InChI is InChI=1S/C22H27N5O2/c1-14-5-6-15(11-17(14)24-21(29)22(2,3)4)18-13-27-19(23-18)7-8-20(25-27)26-10-9-16(28)12-26/h5-8,11,13,16,28H,9-10,12H2,1-4H3,(H,24,29)/t16-/m1/s1. The van der Waals surface area contributed by atoms with E-state index in [2.05, 4.69) is 20.3 Å². The van der Waals surface area contributed by atoms with Crippen molar-refractivity contribution in [2.75, 3.05) is 23.3 Å². The highest BCUT2D eigenvalue weighted by molar-refractivity contribution is 5.95. The minimum Gasteiger partial charge on any atom is -0.391 e. The van der Waals surface area contributed by atoms with Gasteiger partial charge in [-0.15, -0.1) is 5.10 Å². The number of nitrogens with one attached hydrogen (secondary N) is 1. The fraction of sp³-hybridized carbons (Fsp3) is 0.409. The average molecular weight is 393 g/mol. The van der Waals surface area contributed by atoms with E-state index in [0.717, 1.165) is 46.9 Å². The molecule has 1 aliphatic heterocycles. The number of carbonyl (C=O) groups is 1. The summed E-state index contributed by atoms with van der Waals surface area (Å²) in [6.45, 7) is 9.07. The van der Waals surface area contributed by atoms with Gasteiger partial charge in [-0.25, -0.2) is 9.50 Å². The maximum atomic E-state index is 12.4. The molecule has 4 rings (SSSR count). The van der Waals surface area contributed by atoms with Crippen molar-refractivity contribution in [2.45, 2.75) is 40.2 Å². The van der Waals surface area contributed by atoms with Crippen LogP contribution in [0.1, 0.15) is 32.8 Å². The van der Waals surface area contributed by atoms with Crippen molar-refractivity contribution in [2.24, 2.45) is 5.41 Å². The number of hydrogen-bond acceptors (Lipinski definition) is 5. The molecule has 2 N–H and O–H groups in total. The fourth-order valence-electron chi connectivity index (χ4n) is 3.36. The van der Waals surface area contributed by atoms with Crippen LogP contribution >= 0.6 is 0 Å². The Balaban J connectivity index is 1.64. The molecule has 1 amide bonds. The normalized spacial score (nSPS) is 17.1. The molecule has 1 fully saturated rings. The van der Waals surface area contributed by atoms with Crippen LogP contribution in [0.15, 0.2) is 36.5 Å². The second-order valence-corrected chi connectivity index (χ2v) is 8.74. The zero-order valence-electron chi connectivity index (χ0n) is 17.3. The number of amides is 1. The number of aliphatic hydroxyl groups is 1. The SMILES string of the molecule is Cc1ccc(-c2cn3nc(N4CC[C@@H](O)C4)ccc3n2)cc1NC(=O)C(C)(C)C. The van der Waals surface area contributed by atoms with Crippen LogP contribution in [0.5, 0.6) is 0 Å². The third-order valence-electron chi connectivity index (χ3n) is 5.26. The van der Waals surface area contributed by atoms with Gasteiger partial charge in [0.05, 0.1) is 18.0 Å². The minimum atomic E-state index is -0.463. The van der Waals surface area contributed by atoms with Gasteiger partial charge in [0.25, 0.3) is 0 Å². The number of fused-ring (bicyclic) bond motifs is 1. The van der Waals surface area contributed by atoms with E-state index in [-0.39, 0.29) is 12.0 Å². The zero-order valence-corrected chi connectivity index (χ0v) is 17.3. The molecule has 7 nitrogen and oxygen atoms in total. The molecule has 0 spiro atoms. The first-order valence-electron chi connectivity index (χ1n) is 9.92. The summed E-state index contributed by atoms with van der Waals surface area (Å²) >= 11 is 0. The maximum Gasteiger partial charge on any atom is 0.229 e. The number of aliphatic hydroxyl groups excluding tert-OH is 1. The predicted molar refractivity (Wildman–Crippen MR) is 114 cm³/mol. The van der Waals surface area contributed by atoms with Crippen LogP contribution < -0.4 is 10.2 Å². The van der Waals surface area contributed by atoms with Gasteiger partial charge in [0, 0.05) is 29.8 Å². The molecule has 0 saturated carbocycles. The molecule has 3 aromatic rings. The summed E-state index contributed by atoms with van der Waals surface area (Å²) < 4.78 is 1.77. The highest BCUT2D eigenvalue weighted by atomic mass is 16.3. The Labute approximate surface area is 170 Å². The van der Waals surface area contributed by atoms with Crippen molar-refractivity contribution in [3.63, 3.8) is 0 Å². The van der Waals surface area contributed by atoms with Gasteiger partial charge in [-0.1, -0.05) is 32.9 Å². The van der Waals surface area contributed by atoms with E-state index >= 15 is 0 Å². The summed E-state index contributed by atoms with van der Waals surface area (Å²) in [6.07, 6.45) is 2.37. The molecule has 7 heteroatoms. The van der Waals surface area contributed by atoms with Gasteiger partial charge < -0.3 is 15.3 Å². The van der Waals surface area contributed by atoms with Crippen molar-refractivity contribution in [3.05, 3.63) is 42.1 Å². The molecule has 3 heterocycles. The molecule has 1 aliphatic rings. The van der Waals surface area contributed by atoms with E-state index < -0.39 is 5.41 Å². The van der Waals surface area contributed by atoms with Gasteiger partial charge in [0.15, 0.2) is 5.65 Å². The Bertz CT molecular complexity index is 1070. The summed E-state index contributed by atoms with van der Waals surface area (Å²) in [7, 11) is 0. The van der Waals surface area contributed by atoms with Crippen LogP contribution in [-0.2, 0) is 4.79 Å². The van der Waals surface area contributed by atoms with E-state index in [1.807, 2.05) is 64.2 Å². The van der Waals surface area contributed by atoms with Crippen molar-refractivity contribution < 1.29 is 9.90 Å². The smallest absolute Gasteiger partial charge is 0.229 e. The first-order chi connectivity index (χ1) is 13.7. The van der Waals surface area contributed by atoms with E-state index in [1.165, 1.54) is 0 Å². The van der Waals surface area contributed by atoms with Crippen LogP contribution in [0.2, 0.25) is 0 Å². The highest BCUT2D eigenvalue weighted by Crippen LogP contribution is 2.27. The van der Waals surface area contributed by atoms with Gasteiger partial charge in [0.1, 0.15) is 5.82 Å². The number of anilines is 2. The van der Waals surface area contributed by atoms with Crippen LogP contribution in [0.25, 0.3) is 16.9 Å². The molecule has 2 aromatic heterocycles. The number of aryl methyl sites for hydroxylation is 1. The van der Waals surface area contributed by atoms with Crippen LogP contribution in [0.3, 0.4) is 0 Å². The summed E-state index contributed by atoms with van der Waals surface area (Å²) in [5.41, 5.74) is 3.80. The Morgan fingerprint density at radius 1 is 1.24 bits per heavy atom. The highest BCUT2D eigenvalue weighted by Gasteiger charge is 2.23. The maximum absolute atomic E-state index is 12.4. The third-order valence-corrected chi connectivity index (χ3v) is 5.26. The molecule has 1 aromatic carbocycles. The molecule has 152 valence electrons. The number of rotatable bonds is 3. The van der Waals surface area contributed by atoms with E-state index in [0.29, 0.717) is 6.54 Å². The van der Waals surface area contributed by atoms with Crippen molar-refractivity contribution in [1.82, 2.24) is 14.6 Å². The number of benzene rings is 1. The Kier molecular flexibility index (Phi) is 4.78. The van der Waals surface area contributed by atoms with E-state index in [9.17, 15) is 9.90 Å². The second-order valence-electron chi connectivity index (χ2n) is 8.74. The van der Waals surface area contributed by atoms with Gasteiger partial charge in [-0.3, -0.25) is 4.79 Å². The van der Waals surface area contributed by atoms with Crippen molar-refractivity contribution in [3.8, 4) is 11.3 Å². The Morgan fingerprint density at radius 3 is 2.72 bits per heavy atom. The van der Waals surface area contributed by atoms with Gasteiger partial charge >= 0.3 is 0 Å². The molecule has 29 heavy (non-hydrogen) atoms. The summed E-state index contributed by atoms with van der Waals surface area (Å²) in [6, 6.07) is 9.82. The van der Waals surface area contributed by atoms with Crippen LogP contribution in [-0.4, -0.2) is 44.8 Å². The monoisotopic (exact) mass is 393 g/mol. The average Bonchev–Trinajstić information content (AvgIpc) is 3.28. The van der Waals surface area contributed by atoms with Gasteiger partial charge in [-0.05, 0) is 37.1 Å². The number of aromatic nitrogens is 3. The molecular weight excluding hydrogens is 366 g/mol. The molecule has 1 saturated heterocycles. The first-order valence-corrected chi connectivity index (χ1v) is 9.92. The summed E-state index contributed by atoms with van der Waals surface area (Å²) in [5.74, 6) is 0.812. The predicted octanol–water partition coefficient (Wildman–Crippen LogP) is 3.26. The number of hydrogen-bond donors (Lipinski definition) is 2. The Morgan fingerprint density at radius 2 is 2.03 bits per heavy atom. The quantitative estimate of drug-likeness (QED) is 0.714. The second kappa shape index (κ2) is 7.15. The van der Waals surface area contributed by atoms with Crippen molar-refractivity contribution >= 4 is 23.1 Å². The lowest BCUT2D eigenvalue weighted by atomic mass is 9.95. The molecule has 0 aliphatic carbocycles.